The first kappa shape index (κ1) is 11.3. The number of carboxylic acid groups (broad SMARTS) is 1. The maximum atomic E-state index is 10.6. The molecule has 0 bridgehead atoms. The first-order chi connectivity index (χ1) is 7.66. The van der Waals surface area contributed by atoms with Crippen LogP contribution in [0.15, 0.2) is 5.38 Å². The van der Waals surface area contributed by atoms with Gasteiger partial charge in [0.1, 0.15) is 0 Å². The Kier molecular flexibility index (Phi) is 3.40. The number of hydrogen-bond donors (Lipinski definition) is 2. The van der Waals surface area contributed by atoms with Crippen molar-refractivity contribution < 1.29 is 9.90 Å². The predicted molar refractivity (Wildman–Crippen MR) is 63.2 cm³/mol. The van der Waals surface area contributed by atoms with Gasteiger partial charge in [0, 0.05) is 18.0 Å². The maximum absolute atomic E-state index is 10.6. The van der Waals surface area contributed by atoms with Crippen molar-refractivity contribution in [3.05, 3.63) is 11.1 Å². The van der Waals surface area contributed by atoms with E-state index < -0.39 is 5.97 Å². The highest BCUT2D eigenvalue weighted by atomic mass is 32.1. The Balaban J connectivity index is 1.87. The molecule has 1 aromatic rings. The van der Waals surface area contributed by atoms with Crippen LogP contribution in [0.4, 0.5) is 5.13 Å². The highest BCUT2D eigenvalue weighted by Crippen LogP contribution is 2.18. The molecule has 0 saturated carbocycles. The zero-order valence-electron chi connectivity index (χ0n) is 9.14. The van der Waals surface area contributed by atoms with Crippen LogP contribution in [0.25, 0.3) is 0 Å². The quantitative estimate of drug-likeness (QED) is 0.833. The fourth-order valence-electron chi connectivity index (χ4n) is 1.90. The average molecular weight is 241 g/mol. The number of rotatable bonds is 4. The molecule has 2 N–H and O–H groups in total. The molecule has 1 aliphatic heterocycles. The number of anilines is 1. The molecule has 2 rings (SSSR count). The lowest BCUT2D eigenvalue weighted by Crippen LogP contribution is -2.31. The van der Waals surface area contributed by atoms with E-state index in [0.29, 0.717) is 11.2 Å². The minimum Gasteiger partial charge on any atom is -0.476 e. The van der Waals surface area contributed by atoms with Crippen LogP contribution in [-0.4, -0.2) is 47.1 Å². The lowest BCUT2D eigenvalue weighted by Gasteiger charge is -2.19. The van der Waals surface area contributed by atoms with Gasteiger partial charge in [-0.2, -0.15) is 0 Å². The van der Waals surface area contributed by atoms with Gasteiger partial charge in [0.2, 0.25) is 0 Å². The van der Waals surface area contributed by atoms with E-state index in [4.69, 9.17) is 5.11 Å². The number of nitrogens with zero attached hydrogens (tertiary/aromatic N) is 2. The Morgan fingerprint density at radius 3 is 3.19 bits per heavy atom. The van der Waals surface area contributed by atoms with Gasteiger partial charge in [-0.25, -0.2) is 9.78 Å². The summed E-state index contributed by atoms with van der Waals surface area (Å²) in [7, 11) is 2.11. The monoisotopic (exact) mass is 241 g/mol. The number of thiazole rings is 1. The summed E-state index contributed by atoms with van der Waals surface area (Å²) < 4.78 is 0. The molecule has 0 radical (unpaired) electrons. The van der Waals surface area contributed by atoms with Gasteiger partial charge in [-0.05, 0) is 26.4 Å². The Hall–Kier alpha value is -1.14. The van der Waals surface area contributed by atoms with Gasteiger partial charge in [-0.3, -0.25) is 0 Å². The normalized spacial score (nSPS) is 21.2. The Morgan fingerprint density at radius 2 is 2.62 bits per heavy atom. The van der Waals surface area contributed by atoms with E-state index in [1.165, 1.54) is 24.2 Å². The molecule has 0 aliphatic carbocycles. The van der Waals surface area contributed by atoms with Crippen LogP contribution in [0.3, 0.4) is 0 Å². The van der Waals surface area contributed by atoms with Crippen molar-refractivity contribution >= 4 is 22.4 Å². The van der Waals surface area contributed by atoms with Gasteiger partial charge in [0.25, 0.3) is 0 Å². The minimum absolute atomic E-state index is 0.118. The van der Waals surface area contributed by atoms with Crippen molar-refractivity contribution in [1.82, 2.24) is 9.88 Å². The third-order valence-electron chi connectivity index (χ3n) is 2.88. The largest absolute Gasteiger partial charge is 0.476 e. The fourth-order valence-corrected chi connectivity index (χ4v) is 2.59. The smallest absolute Gasteiger partial charge is 0.355 e. The van der Waals surface area contributed by atoms with Gasteiger partial charge in [-0.15, -0.1) is 11.3 Å². The summed E-state index contributed by atoms with van der Waals surface area (Å²) in [6.07, 6.45) is 2.43. The van der Waals surface area contributed by atoms with E-state index in [9.17, 15) is 4.79 Å². The zero-order valence-corrected chi connectivity index (χ0v) is 9.96. The summed E-state index contributed by atoms with van der Waals surface area (Å²) in [6, 6.07) is 0.539. The molecule has 1 unspecified atom stereocenters. The van der Waals surface area contributed by atoms with Crippen LogP contribution >= 0.6 is 11.3 Å². The summed E-state index contributed by atoms with van der Waals surface area (Å²) in [5.41, 5.74) is 0.118. The highest BCUT2D eigenvalue weighted by Gasteiger charge is 2.20. The van der Waals surface area contributed by atoms with E-state index in [-0.39, 0.29) is 5.69 Å². The molecule has 0 aromatic carbocycles. The van der Waals surface area contributed by atoms with E-state index in [0.717, 1.165) is 13.1 Å². The van der Waals surface area contributed by atoms with Gasteiger partial charge < -0.3 is 15.3 Å². The van der Waals surface area contributed by atoms with Crippen molar-refractivity contribution in [3.63, 3.8) is 0 Å². The van der Waals surface area contributed by atoms with Crippen LogP contribution in [0.5, 0.6) is 0 Å². The number of hydrogen-bond acceptors (Lipinski definition) is 5. The molecule has 1 fully saturated rings. The molecule has 0 spiro atoms. The minimum atomic E-state index is -0.970. The molecule has 1 aliphatic rings. The Labute approximate surface area is 98.1 Å². The molecule has 1 saturated heterocycles. The third kappa shape index (κ3) is 2.51. The van der Waals surface area contributed by atoms with Crippen LogP contribution < -0.4 is 5.32 Å². The SMILES string of the molecule is CN1CCCC1CNc1nc(C(=O)O)cs1. The second kappa shape index (κ2) is 4.80. The second-order valence-corrected chi connectivity index (χ2v) is 4.86. The lowest BCUT2D eigenvalue weighted by molar-refractivity contribution is 0.0691. The lowest BCUT2D eigenvalue weighted by atomic mass is 10.2. The zero-order chi connectivity index (χ0) is 11.5. The molecule has 2 heterocycles. The predicted octanol–water partition coefficient (Wildman–Crippen LogP) is 1.35. The van der Waals surface area contributed by atoms with Crippen LogP contribution in [-0.2, 0) is 0 Å². The number of likely N-dealkylation sites (N-methyl/N-ethyl adjacent to an activating group) is 1. The van der Waals surface area contributed by atoms with Gasteiger partial charge in [0.15, 0.2) is 10.8 Å². The van der Waals surface area contributed by atoms with Crippen LogP contribution in [0.1, 0.15) is 23.3 Å². The number of carboxylic acids is 1. The highest BCUT2D eigenvalue weighted by molar-refractivity contribution is 7.13. The Morgan fingerprint density at radius 1 is 1.81 bits per heavy atom. The molecular weight excluding hydrogens is 226 g/mol. The number of nitrogens with one attached hydrogen (secondary N) is 1. The van der Waals surface area contributed by atoms with Gasteiger partial charge >= 0.3 is 5.97 Å². The first-order valence-corrected chi connectivity index (χ1v) is 6.17. The summed E-state index contributed by atoms with van der Waals surface area (Å²) in [4.78, 5) is 16.9. The van der Waals surface area contributed by atoms with E-state index in [1.54, 1.807) is 5.38 Å². The van der Waals surface area contributed by atoms with Crippen molar-refractivity contribution in [2.24, 2.45) is 0 Å². The summed E-state index contributed by atoms with van der Waals surface area (Å²) in [5.74, 6) is -0.970. The summed E-state index contributed by atoms with van der Waals surface area (Å²) in [5, 5.41) is 14.2. The first-order valence-electron chi connectivity index (χ1n) is 5.30. The third-order valence-corrected chi connectivity index (χ3v) is 3.68. The molecular formula is C10H15N3O2S. The standard InChI is InChI=1S/C10H15N3O2S/c1-13-4-2-3-7(13)5-11-10-12-8(6-16-10)9(14)15/h6-7H,2-5H2,1H3,(H,11,12)(H,14,15). The van der Waals surface area contributed by atoms with Crippen molar-refractivity contribution in [2.75, 3.05) is 25.5 Å². The molecule has 16 heavy (non-hydrogen) atoms. The second-order valence-electron chi connectivity index (χ2n) is 4.00. The molecule has 5 nitrogen and oxygen atoms in total. The van der Waals surface area contributed by atoms with Gasteiger partial charge in [0.05, 0.1) is 0 Å². The fraction of sp³-hybridized carbons (Fsp3) is 0.600. The summed E-state index contributed by atoms with van der Waals surface area (Å²) >= 11 is 1.34. The topological polar surface area (TPSA) is 65.5 Å². The molecule has 88 valence electrons. The average Bonchev–Trinajstić information content (AvgIpc) is 2.83. The van der Waals surface area contributed by atoms with Crippen molar-refractivity contribution in [2.45, 2.75) is 18.9 Å². The van der Waals surface area contributed by atoms with E-state index in [2.05, 4.69) is 22.2 Å². The Bertz CT molecular complexity index is 380. The van der Waals surface area contributed by atoms with E-state index >= 15 is 0 Å². The molecule has 6 heteroatoms. The number of likely N-dealkylation sites (tertiary alicyclic amines) is 1. The maximum Gasteiger partial charge on any atom is 0.355 e. The summed E-state index contributed by atoms with van der Waals surface area (Å²) in [6.45, 7) is 1.98. The molecule has 0 amide bonds. The molecule has 1 aromatic heterocycles. The van der Waals surface area contributed by atoms with E-state index in [1.807, 2.05) is 0 Å². The number of carbonyl (C=O) groups is 1. The van der Waals surface area contributed by atoms with Gasteiger partial charge in [-0.1, -0.05) is 0 Å². The van der Waals surface area contributed by atoms with Crippen molar-refractivity contribution in [3.8, 4) is 0 Å². The molecule has 1 atom stereocenters. The number of aromatic nitrogens is 1. The van der Waals surface area contributed by atoms with Crippen molar-refractivity contribution in [1.29, 1.82) is 0 Å². The van der Waals surface area contributed by atoms with Crippen LogP contribution in [0, 0.1) is 0 Å². The number of aromatic carboxylic acids is 1. The van der Waals surface area contributed by atoms with Crippen LogP contribution in [0.2, 0.25) is 0 Å².